The summed E-state index contributed by atoms with van der Waals surface area (Å²) in [6.45, 7) is 5.55. The zero-order valence-corrected chi connectivity index (χ0v) is 7.87. The topological polar surface area (TPSA) is 12.0 Å². The van der Waals surface area contributed by atoms with Gasteiger partial charge in [-0.15, -0.1) is 0 Å². The number of nitrogens with one attached hydrogen (secondary N) is 1. The van der Waals surface area contributed by atoms with Gasteiger partial charge in [0.1, 0.15) is 0 Å². The van der Waals surface area contributed by atoms with Gasteiger partial charge < -0.3 is 5.32 Å². The molecule has 1 N–H and O–H groups in total. The molecular weight excluding hydrogens is 178 g/mol. The third-order valence-corrected chi connectivity index (χ3v) is 1.74. The molecule has 56 valence electrons. The summed E-state index contributed by atoms with van der Waals surface area (Å²) >= 11 is 3.40. The molecule has 0 fully saturated rings. The van der Waals surface area contributed by atoms with Crippen LogP contribution >= 0.6 is 15.9 Å². The molecule has 0 amide bonds. The quantitative estimate of drug-likeness (QED) is 0.661. The zero-order valence-electron chi connectivity index (χ0n) is 6.28. The second-order valence-corrected chi connectivity index (χ2v) is 3.13. The lowest BCUT2D eigenvalue weighted by Gasteiger charge is -2.09. The van der Waals surface area contributed by atoms with Crippen molar-refractivity contribution in [2.75, 3.05) is 11.9 Å². The maximum Gasteiger partial charge on any atom is 0.00466 e. The summed E-state index contributed by atoms with van der Waals surface area (Å²) in [4.78, 5) is 0. The van der Waals surface area contributed by atoms with Gasteiger partial charge in [-0.05, 0) is 26.3 Å². The number of rotatable bonds is 5. The lowest BCUT2D eigenvalue weighted by Crippen LogP contribution is -2.26. The highest BCUT2D eigenvalue weighted by Crippen LogP contribution is 1.93. The van der Waals surface area contributed by atoms with Crippen molar-refractivity contribution in [2.45, 2.75) is 32.7 Å². The predicted molar refractivity (Wildman–Crippen MR) is 46.2 cm³/mol. The SMILES string of the molecule is CCCNC(C)CCBr. The van der Waals surface area contributed by atoms with Gasteiger partial charge in [0, 0.05) is 11.4 Å². The van der Waals surface area contributed by atoms with Crippen LogP contribution in [0.15, 0.2) is 0 Å². The summed E-state index contributed by atoms with van der Waals surface area (Å²) in [7, 11) is 0. The molecular formula is C7H16BrN. The lowest BCUT2D eigenvalue weighted by molar-refractivity contribution is 0.537. The Labute approximate surface area is 66.3 Å². The average Bonchev–Trinajstić information content (AvgIpc) is 1.85. The maximum atomic E-state index is 3.40. The highest BCUT2D eigenvalue weighted by atomic mass is 79.9. The third-order valence-electron chi connectivity index (χ3n) is 1.28. The Hall–Kier alpha value is 0.440. The van der Waals surface area contributed by atoms with E-state index in [0.717, 1.165) is 11.9 Å². The molecule has 2 heteroatoms. The van der Waals surface area contributed by atoms with Crippen LogP contribution in [0.2, 0.25) is 0 Å². The molecule has 0 heterocycles. The van der Waals surface area contributed by atoms with Crippen LogP contribution in [0.5, 0.6) is 0 Å². The Morgan fingerprint density at radius 1 is 1.56 bits per heavy atom. The highest BCUT2D eigenvalue weighted by molar-refractivity contribution is 9.09. The predicted octanol–water partition coefficient (Wildman–Crippen LogP) is 2.16. The van der Waals surface area contributed by atoms with Gasteiger partial charge in [0.25, 0.3) is 0 Å². The van der Waals surface area contributed by atoms with Crippen LogP contribution < -0.4 is 5.32 Å². The second-order valence-electron chi connectivity index (χ2n) is 2.33. The number of halogens is 1. The molecule has 0 aliphatic rings. The fourth-order valence-corrected chi connectivity index (χ4v) is 1.34. The molecule has 1 atom stereocenters. The number of hydrogen-bond acceptors (Lipinski definition) is 1. The molecule has 1 unspecified atom stereocenters. The van der Waals surface area contributed by atoms with E-state index in [-0.39, 0.29) is 0 Å². The summed E-state index contributed by atoms with van der Waals surface area (Å²) in [5, 5.41) is 4.51. The molecule has 9 heavy (non-hydrogen) atoms. The molecule has 0 aliphatic heterocycles. The Bertz CT molecular complexity index is 56.9. The van der Waals surface area contributed by atoms with Gasteiger partial charge in [-0.2, -0.15) is 0 Å². The van der Waals surface area contributed by atoms with Gasteiger partial charge in [0.15, 0.2) is 0 Å². The summed E-state index contributed by atoms with van der Waals surface area (Å²) < 4.78 is 0. The van der Waals surface area contributed by atoms with Crippen molar-refractivity contribution in [3.8, 4) is 0 Å². The van der Waals surface area contributed by atoms with E-state index in [1.165, 1.54) is 12.8 Å². The highest BCUT2D eigenvalue weighted by Gasteiger charge is 1.95. The van der Waals surface area contributed by atoms with Gasteiger partial charge >= 0.3 is 0 Å². The van der Waals surface area contributed by atoms with Crippen molar-refractivity contribution in [3.05, 3.63) is 0 Å². The fraction of sp³-hybridized carbons (Fsp3) is 1.00. The molecule has 0 aromatic heterocycles. The molecule has 0 aromatic rings. The first-order chi connectivity index (χ1) is 4.31. The Morgan fingerprint density at radius 3 is 2.67 bits per heavy atom. The van der Waals surface area contributed by atoms with Crippen molar-refractivity contribution in [2.24, 2.45) is 0 Å². The van der Waals surface area contributed by atoms with Crippen molar-refractivity contribution in [1.29, 1.82) is 0 Å². The Balaban J connectivity index is 2.95. The minimum Gasteiger partial charge on any atom is -0.314 e. The Kier molecular flexibility index (Phi) is 6.88. The van der Waals surface area contributed by atoms with Crippen LogP contribution in [-0.4, -0.2) is 17.9 Å². The van der Waals surface area contributed by atoms with Gasteiger partial charge in [-0.1, -0.05) is 22.9 Å². The van der Waals surface area contributed by atoms with Crippen molar-refractivity contribution in [1.82, 2.24) is 5.32 Å². The summed E-state index contributed by atoms with van der Waals surface area (Å²) in [5.74, 6) is 0. The van der Waals surface area contributed by atoms with E-state index in [1.54, 1.807) is 0 Å². The van der Waals surface area contributed by atoms with E-state index >= 15 is 0 Å². The van der Waals surface area contributed by atoms with Gasteiger partial charge in [-0.3, -0.25) is 0 Å². The monoisotopic (exact) mass is 193 g/mol. The third kappa shape index (κ3) is 6.32. The van der Waals surface area contributed by atoms with E-state index in [9.17, 15) is 0 Å². The normalized spacial score (nSPS) is 13.7. The van der Waals surface area contributed by atoms with Gasteiger partial charge in [-0.25, -0.2) is 0 Å². The molecule has 0 aromatic carbocycles. The number of hydrogen-bond donors (Lipinski definition) is 1. The first-order valence-corrected chi connectivity index (χ1v) is 4.72. The molecule has 0 saturated carbocycles. The molecule has 0 aliphatic carbocycles. The van der Waals surface area contributed by atoms with Crippen LogP contribution in [0.1, 0.15) is 26.7 Å². The fourth-order valence-electron chi connectivity index (χ4n) is 0.656. The smallest absolute Gasteiger partial charge is 0.00466 e. The zero-order chi connectivity index (χ0) is 7.11. The molecule has 0 spiro atoms. The molecule has 0 bridgehead atoms. The lowest BCUT2D eigenvalue weighted by atomic mass is 10.2. The second kappa shape index (κ2) is 6.56. The summed E-state index contributed by atoms with van der Waals surface area (Å²) in [6, 6.07) is 0.671. The minimum absolute atomic E-state index is 0.671. The van der Waals surface area contributed by atoms with E-state index in [2.05, 4.69) is 35.1 Å². The van der Waals surface area contributed by atoms with Crippen LogP contribution in [0.25, 0.3) is 0 Å². The van der Waals surface area contributed by atoms with E-state index < -0.39 is 0 Å². The maximum absolute atomic E-state index is 3.40. The van der Waals surface area contributed by atoms with Crippen molar-refractivity contribution < 1.29 is 0 Å². The van der Waals surface area contributed by atoms with E-state index in [0.29, 0.717) is 6.04 Å². The van der Waals surface area contributed by atoms with Crippen LogP contribution in [-0.2, 0) is 0 Å². The molecule has 0 radical (unpaired) electrons. The molecule has 1 nitrogen and oxygen atoms in total. The molecule has 0 saturated heterocycles. The standard InChI is InChI=1S/C7H16BrN/c1-3-6-9-7(2)4-5-8/h7,9H,3-6H2,1-2H3. The van der Waals surface area contributed by atoms with Crippen molar-refractivity contribution in [3.63, 3.8) is 0 Å². The van der Waals surface area contributed by atoms with Crippen LogP contribution in [0.3, 0.4) is 0 Å². The summed E-state index contributed by atoms with van der Waals surface area (Å²) in [6.07, 6.45) is 2.45. The number of alkyl halides is 1. The Morgan fingerprint density at radius 2 is 2.22 bits per heavy atom. The van der Waals surface area contributed by atoms with E-state index in [4.69, 9.17) is 0 Å². The molecule has 0 rings (SSSR count). The first-order valence-electron chi connectivity index (χ1n) is 3.60. The average molecular weight is 194 g/mol. The van der Waals surface area contributed by atoms with E-state index in [1.807, 2.05) is 0 Å². The van der Waals surface area contributed by atoms with Crippen molar-refractivity contribution >= 4 is 15.9 Å². The summed E-state index contributed by atoms with van der Waals surface area (Å²) in [5.41, 5.74) is 0. The first kappa shape index (κ1) is 9.44. The van der Waals surface area contributed by atoms with Crippen LogP contribution in [0.4, 0.5) is 0 Å². The van der Waals surface area contributed by atoms with Gasteiger partial charge in [0.05, 0.1) is 0 Å². The van der Waals surface area contributed by atoms with Gasteiger partial charge in [0.2, 0.25) is 0 Å². The largest absolute Gasteiger partial charge is 0.314 e. The van der Waals surface area contributed by atoms with Crippen LogP contribution in [0, 0.1) is 0 Å². The minimum atomic E-state index is 0.671.